The van der Waals surface area contributed by atoms with Crippen molar-refractivity contribution < 1.29 is 14.4 Å². The highest BCUT2D eigenvalue weighted by atomic mass is 16.5. The molecule has 1 aromatic heterocycles. The van der Waals surface area contributed by atoms with Crippen LogP contribution in [0.4, 0.5) is 0 Å². The van der Waals surface area contributed by atoms with Crippen molar-refractivity contribution in [3.63, 3.8) is 0 Å². The first-order valence-electron chi connectivity index (χ1n) is 3.78. The quantitative estimate of drug-likeness (QED) is 0.674. The van der Waals surface area contributed by atoms with Crippen LogP contribution in [0.1, 0.15) is 17.5 Å². The predicted octanol–water partition coefficient (Wildman–Crippen LogP) is 1.74. The van der Waals surface area contributed by atoms with Crippen LogP contribution in [0.2, 0.25) is 0 Å². The number of aromatic nitrogens is 1. The minimum atomic E-state index is -0.201. The van der Waals surface area contributed by atoms with Gasteiger partial charge < -0.3 is 9.63 Å². The molecule has 66 valence electrons. The molecule has 1 N–H and O–H groups in total. The number of phenolic OH excluding ortho intramolecular Hbond substituents is 1. The Kier molecular flexibility index (Phi) is 1.55. The van der Waals surface area contributed by atoms with Gasteiger partial charge in [-0.25, -0.2) is 0 Å². The lowest BCUT2D eigenvalue weighted by Gasteiger charge is -1.90. The van der Waals surface area contributed by atoms with Gasteiger partial charge in [0.1, 0.15) is 5.75 Å². The molecule has 0 radical (unpaired) electrons. The Labute approximate surface area is 73.8 Å². The molecule has 1 aromatic carbocycles. The molecular formula is C9H7NO3. The molecule has 13 heavy (non-hydrogen) atoms. The number of nitrogens with zero attached hydrogens (tertiary/aromatic N) is 1. The van der Waals surface area contributed by atoms with E-state index < -0.39 is 0 Å². The minimum absolute atomic E-state index is 0.0220. The standard InChI is InChI=1S/C9H7NO3/c1-5(11)9-6-3-2-4-7(12)8(6)10-13-9/h2-4,12H,1H3. The molecule has 0 fully saturated rings. The molecule has 0 bridgehead atoms. The second kappa shape index (κ2) is 2.58. The van der Waals surface area contributed by atoms with Crippen molar-refractivity contribution in [1.29, 1.82) is 0 Å². The van der Waals surface area contributed by atoms with Crippen LogP contribution in [0, 0.1) is 0 Å². The van der Waals surface area contributed by atoms with Gasteiger partial charge in [0.15, 0.2) is 11.3 Å². The fourth-order valence-electron chi connectivity index (χ4n) is 1.20. The highest BCUT2D eigenvalue weighted by Gasteiger charge is 2.13. The van der Waals surface area contributed by atoms with Gasteiger partial charge in [0.05, 0.1) is 5.39 Å². The lowest BCUT2D eigenvalue weighted by Crippen LogP contribution is -1.88. The van der Waals surface area contributed by atoms with E-state index in [2.05, 4.69) is 5.16 Å². The summed E-state index contributed by atoms with van der Waals surface area (Å²) in [4.78, 5) is 11.0. The fraction of sp³-hybridized carbons (Fsp3) is 0.111. The summed E-state index contributed by atoms with van der Waals surface area (Å²) >= 11 is 0. The molecule has 0 saturated carbocycles. The third-order valence-corrected chi connectivity index (χ3v) is 1.81. The molecule has 0 spiro atoms. The van der Waals surface area contributed by atoms with Crippen molar-refractivity contribution >= 4 is 16.7 Å². The van der Waals surface area contributed by atoms with Crippen molar-refractivity contribution in [3.05, 3.63) is 24.0 Å². The number of carbonyl (C=O) groups is 1. The lowest BCUT2D eigenvalue weighted by molar-refractivity contribution is 0.0981. The predicted molar refractivity (Wildman–Crippen MR) is 45.7 cm³/mol. The van der Waals surface area contributed by atoms with Crippen LogP contribution < -0.4 is 0 Å². The van der Waals surface area contributed by atoms with Crippen LogP contribution in [0.3, 0.4) is 0 Å². The maximum absolute atomic E-state index is 11.0. The van der Waals surface area contributed by atoms with Crippen LogP contribution in [0.5, 0.6) is 5.75 Å². The smallest absolute Gasteiger partial charge is 0.210 e. The summed E-state index contributed by atoms with van der Waals surface area (Å²) in [6.07, 6.45) is 0. The Morgan fingerprint density at radius 2 is 2.31 bits per heavy atom. The molecule has 1 heterocycles. The van der Waals surface area contributed by atoms with Crippen molar-refractivity contribution in [2.24, 2.45) is 0 Å². The zero-order valence-electron chi connectivity index (χ0n) is 6.94. The maximum atomic E-state index is 11.0. The van der Waals surface area contributed by atoms with Crippen molar-refractivity contribution in [1.82, 2.24) is 5.16 Å². The van der Waals surface area contributed by atoms with E-state index in [9.17, 15) is 9.90 Å². The van der Waals surface area contributed by atoms with E-state index in [1.165, 1.54) is 13.0 Å². The van der Waals surface area contributed by atoms with Gasteiger partial charge in [0.2, 0.25) is 5.76 Å². The number of fused-ring (bicyclic) bond motifs is 1. The molecule has 0 aliphatic carbocycles. The molecule has 0 atom stereocenters. The Morgan fingerprint density at radius 3 is 3.00 bits per heavy atom. The van der Waals surface area contributed by atoms with Gasteiger partial charge in [-0.15, -0.1) is 0 Å². The first kappa shape index (κ1) is 7.79. The number of ketones is 1. The summed E-state index contributed by atoms with van der Waals surface area (Å²) in [5, 5.41) is 13.5. The molecule has 0 aliphatic rings. The van der Waals surface area contributed by atoms with E-state index in [4.69, 9.17) is 4.52 Å². The van der Waals surface area contributed by atoms with Crippen LogP contribution >= 0.6 is 0 Å². The van der Waals surface area contributed by atoms with Gasteiger partial charge in [-0.05, 0) is 12.1 Å². The third-order valence-electron chi connectivity index (χ3n) is 1.81. The lowest BCUT2D eigenvalue weighted by atomic mass is 10.2. The number of benzene rings is 1. The monoisotopic (exact) mass is 177 g/mol. The van der Waals surface area contributed by atoms with Crippen molar-refractivity contribution in [2.45, 2.75) is 6.92 Å². The van der Waals surface area contributed by atoms with E-state index in [1.54, 1.807) is 12.1 Å². The zero-order chi connectivity index (χ0) is 9.42. The summed E-state index contributed by atoms with van der Waals surface area (Å²) in [6.45, 7) is 1.39. The number of phenols is 1. The number of hydrogen-bond donors (Lipinski definition) is 1. The van der Waals surface area contributed by atoms with Crippen LogP contribution in [-0.4, -0.2) is 16.0 Å². The Morgan fingerprint density at radius 1 is 1.54 bits per heavy atom. The van der Waals surface area contributed by atoms with E-state index in [0.29, 0.717) is 10.9 Å². The van der Waals surface area contributed by atoms with Crippen molar-refractivity contribution in [2.75, 3.05) is 0 Å². The molecule has 2 aromatic rings. The summed E-state index contributed by atoms with van der Waals surface area (Å²) in [7, 11) is 0. The summed E-state index contributed by atoms with van der Waals surface area (Å²) < 4.78 is 4.80. The highest BCUT2D eigenvalue weighted by molar-refractivity contribution is 6.04. The normalized spacial score (nSPS) is 10.5. The molecular weight excluding hydrogens is 170 g/mol. The first-order valence-corrected chi connectivity index (χ1v) is 3.78. The SMILES string of the molecule is CC(=O)c1onc2c(O)cccc12. The summed E-state index contributed by atoms with van der Waals surface area (Å²) in [6, 6.07) is 4.82. The van der Waals surface area contributed by atoms with Gasteiger partial charge in [-0.2, -0.15) is 0 Å². The fourth-order valence-corrected chi connectivity index (χ4v) is 1.20. The van der Waals surface area contributed by atoms with Gasteiger partial charge >= 0.3 is 0 Å². The number of hydrogen-bond acceptors (Lipinski definition) is 4. The molecule has 0 aliphatic heterocycles. The number of aromatic hydroxyl groups is 1. The largest absolute Gasteiger partial charge is 0.506 e. The Hall–Kier alpha value is -1.84. The second-order valence-electron chi connectivity index (χ2n) is 2.74. The maximum Gasteiger partial charge on any atom is 0.210 e. The number of Topliss-reactive ketones (excluding diaryl/α,β-unsaturated/α-hetero) is 1. The molecule has 2 rings (SSSR count). The van der Waals surface area contributed by atoms with Crippen LogP contribution in [0.15, 0.2) is 22.7 Å². The Balaban J connectivity index is 2.83. The van der Waals surface area contributed by atoms with Gasteiger partial charge in [0, 0.05) is 6.92 Å². The van der Waals surface area contributed by atoms with E-state index in [1.807, 2.05) is 0 Å². The second-order valence-corrected chi connectivity index (χ2v) is 2.74. The van der Waals surface area contributed by atoms with Crippen LogP contribution in [-0.2, 0) is 0 Å². The molecule has 0 amide bonds. The topological polar surface area (TPSA) is 63.3 Å². The molecule has 4 nitrogen and oxygen atoms in total. The zero-order valence-corrected chi connectivity index (χ0v) is 6.94. The van der Waals surface area contributed by atoms with E-state index in [-0.39, 0.29) is 17.3 Å². The number of carbonyl (C=O) groups excluding carboxylic acids is 1. The van der Waals surface area contributed by atoms with Gasteiger partial charge in [-0.1, -0.05) is 11.2 Å². The highest BCUT2D eigenvalue weighted by Crippen LogP contribution is 2.25. The Bertz CT molecular complexity index is 473. The average Bonchev–Trinajstić information content (AvgIpc) is 2.48. The minimum Gasteiger partial charge on any atom is -0.506 e. The average molecular weight is 177 g/mol. The summed E-state index contributed by atoms with van der Waals surface area (Å²) in [5.41, 5.74) is 0.327. The first-order chi connectivity index (χ1) is 6.20. The van der Waals surface area contributed by atoms with Crippen molar-refractivity contribution in [3.8, 4) is 5.75 Å². The molecule has 0 unspecified atom stereocenters. The van der Waals surface area contributed by atoms with Crippen LogP contribution in [0.25, 0.3) is 10.9 Å². The van der Waals surface area contributed by atoms with Gasteiger partial charge in [-0.3, -0.25) is 4.79 Å². The van der Waals surface area contributed by atoms with E-state index in [0.717, 1.165) is 0 Å². The van der Waals surface area contributed by atoms with Gasteiger partial charge in [0.25, 0.3) is 0 Å². The molecule has 4 heteroatoms. The number of rotatable bonds is 1. The molecule has 0 saturated heterocycles. The van der Waals surface area contributed by atoms with E-state index >= 15 is 0 Å². The third kappa shape index (κ3) is 1.07. The summed E-state index contributed by atoms with van der Waals surface area (Å²) in [5.74, 6) is 0.00718.